The number of hydrogen-bond acceptors (Lipinski definition) is 9. The second-order valence-corrected chi connectivity index (χ2v) is 19.8. The monoisotopic (exact) mass is 806 g/mol. The lowest BCUT2D eigenvalue weighted by molar-refractivity contribution is -0.695. The van der Waals surface area contributed by atoms with Crippen LogP contribution in [0.2, 0.25) is 0 Å². The number of thiophene rings is 1. The van der Waals surface area contributed by atoms with Gasteiger partial charge in [-0.2, -0.15) is 8.42 Å². The molecule has 4 aromatic rings. The summed E-state index contributed by atoms with van der Waals surface area (Å²) in [6, 6.07) is 22.9. The summed E-state index contributed by atoms with van der Waals surface area (Å²) < 4.78 is 31.5. The molecular formula is C44H58N2O8S2. The molecule has 6 saturated carbocycles. The number of aliphatic hydroxyl groups excluding tert-OH is 2. The SMILES string of the molecule is CC1(C)[C@H]2C[C@H](CCO)[C@@H](NC(=O)c3csc4ccc(OS(=O)(=O)c5ccccc5)cc34)[C@@H]1C2.CC1(C)[C@H]2C[C@H](CCO)[C@@H]([NH3+])[C@@H]1C2.[O-]OCc1ccccc1. The third-order valence-corrected chi connectivity index (χ3v) is 15.9. The Morgan fingerprint density at radius 3 is 2.04 bits per heavy atom. The molecule has 1 aromatic heterocycles. The zero-order valence-corrected chi connectivity index (χ0v) is 34.6. The summed E-state index contributed by atoms with van der Waals surface area (Å²) in [5.41, 5.74) is 6.46. The second-order valence-electron chi connectivity index (χ2n) is 17.3. The molecule has 4 bridgehead atoms. The largest absolute Gasteiger partial charge is 0.723 e. The van der Waals surface area contributed by atoms with Crippen LogP contribution in [0.3, 0.4) is 0 Å². The van der Waals surface area contributed by atoms with Gasteiger partial charge in [0.05, 0.1) is 18.2 Å². The first kappa shape index (κ1) is 42.3. The molecule has 304 valence electrons. The van der Waals surface area contributed by atoms with Gasteiger partial charge in [0.25, 0.3) is 5.91 Å². The number of carbonyl (C=O) groups is 1. The topological polar surface area (TPSA) is 173 Å². The summed E-state index contributed by atoms with van der Waals surface area (Å²) in [4.78, 5) is 17.2. The molecule has 0 aliphatic heterocycles. The molecule has 1 heterocycles. The standard InChI is InChI=1S/C26H29NO5S2.C11H21NO.C7H8O2/c1-26(2)17-12-16(10-11-28)24(22(26)13-17)27-25(29)21-15-33-23-9-8-18(14-20(21)23)32-34(30,31)19-6-4-3-5-7-19;1-11(2)8-5-7(3-4-13)10(12)9(11)6-8;8-9-6-7-4-2-1-3-5-7/h3-9,14-17,22,24,28H,10-13H2,1-2H3,(H,27,29);7-10,13H,3-6,12H2,1-2H3;1-5,8H,6H2/t16-,17-,22-,24+;7-,8-,9-,10+;/m00./s1. The molecule has 12 heteroatoms. The van der Waals surface area contributed by atoms with E-state index in [0.29, 0.717) is 53.2 Å². The van der Waals surface area contributed by atoms with Crippen molar-refractivity contribution in [3.05, 3.63) is 95.4 Å². The van der Waals surface area contributed by atoms with Crippen molar-refractivity contribution in [2.45, 2.75) is 89.8 Å². The van der Waals surface area contributed by atoms with Crippen LogP contribution in [0.25, 0.3) is 10.1 Å². The van der Waals surface area contributed by atoms with E-state index in [1.807, 2.05) is 35.7 Å². The Hall–Kier alpha value is -3.36. The molecule has 56 heavy (non-hydrogen) atoms. The lowest BCUT2D eigenvalue weighted by Crippen LogP contribution is -2.76. The Labute approximate surface area is 335 Å². The van der Waals surface area contributed by atoms with Gasteiger partial charge in [-0.25, -0.2) is 0 Å². The average molecular weight is 807 g/mol. The van der Waals surface area contributed by atoms with Gasteiger partial charge in [0.15, 0.2) is 0 Å². The van der Waals surface area contributed by atoms with Gasteiger partial charge in [-0.05, 0) is 109 Å². The molecule has 1 amide bonds. The average Bonchev–Trinajstić information content (AvgIpc) is 3.61. The fourth-order valence-electron chi connectivity index (χ4n) is 10.0. The number of benzene rings is 3. The maximum Gasteiger partial charge on any atom is 0.339 e. The zero-order valence-electron chi connectivity index (χ0n) is 32.9. The van der Waals surface area contributed by atoms with Crippen LogP contribution < -0.4 is 20.5 Å². The summed E-state index contributed by atoms with van der Waals surface area (Å²) >= 11 is 1.44. The zero-order chi connectivity index (χ0) is 40.3. The number of nitrogens with one attached hydrogen (secondary N) is 1. The van der Waals surface area contributed by atoms with Crippen molar-refractivity contribution in [3.63, 3.8) is 0 Å². The Kier molecular flexibility index (Phi) is 13.3. The highest BCUT2D eigenvalue weighted by Crippen LogP contribution is 2.61. The van der Waals surface area contributed by atoms with E-state index in [-0.39, 0.29) is 47.1 Å². The summed E-state index contributed by atoms with van der Waals surface area (Å²) in [6.07, 6.45) is 6.49. The van der Waals surface area contributed by atoms with Crippen molar-refractivity contribution in [2.24, 2.45) is 46.3 Å². The first-order valence-corrected chi connectivity index (χ1v) is 22.1. The highest BCUT2D eigenvalue weighted by molar-refractivity contribution is 7.87. The minimum atomic E-state index is -3.97. The molecule has 6 fully saturated rings. The van der Waals surface area contributed by atoms with Crippen molar-refractivity contribution in [2.75, 3.05) is 13.2 Å². The van der Waals surface area contributed by atoms with Gasteiger partial charge in [0, 0.05) is 46.6 Å². The van der Waals surface area contributed by atoms with E-state index in [1.54, 1.807) is 36.4 Å². The van der Waals surface area contributed by atoms with Crippen LogP contribution in [0, 0.1) is 46.3 Å². The minimum absolute atomic E-state index is 0.0208. The molecule has 8 atom stereocenters. The van der Waals surface area contributed by atoms with E-state index in [4.69, 9.17) is 9.29 Å². The van der Waals surface area contributed by atoms with Crippen LogP contribution in [0.15, 0.2) is 89.1 Å². The van der Waals surface area contributed by atoms with Gasteiger partial charge in [0.2, 0.25) is 0 Å². The molecule has 10 nitrogen and oxygen atoms in total. The number of hydrogen-bond donors (Lipinski definition) is 4. The van der Waals surface area contributed by atoms with E-state index in [9.17, 15) is 23.6 Å². The predicted octanol–water partition coefficient (Wildman–Crippen LogP) is 5.97. The first-order chi connectivity index (χ1) is 26.7. The molecule has 10 rings (SSSR count). The van der Waals surface area contributed by atoms with Crippen molar-refractivity contribution < 1.29 is 43.5 Å². The number of aliphatic hydroxyl groups is 2. The third kappa shape index (κ3) is 8.87. The Bertz CT molecular complexity index is 2020. The van der Waals surface area contributed by atoms with E-state index in [2.05, 4.69) is 43.6 Å². The second kappa shape index (κ2) is 17.6. The number of rotatable bonds is 11. The predicted molar refractivity (Wildman–Crippen MR) is 216 cm³/mol. The summed E-state index contributed by atoms with van der Waals surface area (Å²) in [7, 11) is -3.97. The molecule has 6 N–H and O–H groups in total. The maximum atomic E-state index is 13.4. The molecule has 0 radical (unpaired) electrons. The smallest absolute Gasteiger partial charge is 0.339 e. The quantitative estimate of drug-likeness (QED) is 0.0816. The van der Waals surface area contributed by atoms with Crippen LogP contribution in [0.5, 0.6) is 5.75 Å². The molecular weight excluding hydrogens is 749 g/mol. The van der Waals surface area contributed by atoms with E-state index in [1.165, 1.54) is 36.3 Å². The molecule has 6 aliphatic rings. The third-order valence-electron chi connectivity index (χ3n) is 13.7. The number of amides is 1. The fraction of sp³-hybridized carbons (Fsp3) is 0.523. The fourth-order valence-corrected chi connectivity index (χ4v) is 11.9. The van der Waals surface area contributed by atoms with E-state index < -0.39 is 10.1 Å². The molecule has 0 unspecified atom stereocenters. The number of quaternary nitrogens is 1. The molecule has 6 aliphatic carbocycles. The highest BCUT2D eigenvalue weighted by atomic mass is 32.2. The van der Waals surface area contributed by atoms with Gasteiger partial charge >= 0.3 is 10.1 Å². The van der Waals surface area contributed by atoms with Gasteiger partial charge in [-0.1, -0.05) is 76.2 Å². The van der Waals surface area contributed by atoms with Crippen LogP contribution >= 0.6 is 11.3 Å². The van der Waals surface area contributed by atoms with E-state index in [0.717, 1.165) is 41.4 Å². The van der Waals surface area contributed by atoms with Gasteiger partial charge < -0.3 is 35.6 Å². The van der Waals surface area contributed by atoms with Gasteiger partial charge in [0.1, 0.15) is 10.6 Å². The normalized spacial score (nSPS) is 27.9. The Morgan fingerprint density at radius 2 is 1.45 bits per heavy atom. The van der Waals surface area contributed by atoms with Crippen LogP contribution in [-0.4, -0.2) is 49.8 Å². The Balaban J connectivity index is 0.000000196. The lowest BCUT2D eigenvalue weighted by Gasteiger charge is -2.62. The minimum Gasteiger partial charge on any atom is -0.723 e. The highest BCUT2D eigenvalue weighted by Gasteiger charge is 2.59. The molecule has 0 spiro atoms. The summed E-state index contributed by atoms with van der Waals surface area (Å²) in [5.74, 6) is 3.75. The Morgan fingerprint density at radius 1 is 0.857 bits per heavy atom. The number of fused-ring (bicyclic) bond motifs is 5. The van der Waals surface area contributed by atoms with Crippen molar-refractivity contribution in [3.8, 4) is 5.75 Å². The van der Waals surface area contributed by atoms with Gasteiger partial charge in [-0.15, -0.1) is 11.3 Å². The van der Waals surface area contributed by atoms with Crippen molar-refractivity contribution in [1.82, 2.24) is 5.32 Å². The molecule has 3 aromatic carbocycles. The first-order valence-electron chi connectivity index (χ1n) is 19.9. The van der Waals surface area contributed by atoms with Crippen molar-refractivity contribution in [1.29, 1.82) is 0 Å². The maximum absolute atomic E-state index is 13.4. The summed E-state index contributed by atoms with van der Waals surface area (Å²) in [6.45, 7) is 9.94. The lowest BCUT2D eigenvalue weighted by atomic mass is 9.44. The van der Waals surface area contributed by atoms with Crippen LogP contribution in [0.1, 0.15) is 82.1 Å². The van der Waals surface area contributed by atoms with Crippen LogP contribution in [-0.2, 0) is 21.6 Å². The van der Waals surface area contributed by atoms with Gasteiger partial charge in [-0.3, -0.25) is 4.79 Å². The number of carbonyl (C=O) groups excluding carboxylic acids is 1. The van der Waals surface area contributed by atoms with E-state index >= 15 is 0 Å². The molecule has 0 saturated heterocycles. The van der Waals surface area contributed by atoms with Crippen molar-refractivity contribution >= 4 is 37.4 Å². The van der Waals surface area contributed by atoms with Crippen LogP contribution in [0.4, 0.5) is 0 Å². The summed E-state index contributed by atoms with van der Waals surface area (Å²) in [5, 5.41) is 33.9.